The van der Waals surface area contributed by atoms with Crippen molar-refractivity contribution in [1.82, 2.24) is 0 Å². The Morgan fingerprint density at radius 2 is 0.870 bits per heavy atom. The molecule has 54 heavy (non-hydrogen) atoms. The van der Waals surface area contributed by atoms with Gasteiger partial charge >= 0.3 is 23.9 Å². The maximum absolute atomic E-state index is 13.6. The minimum atomic E-state index is -0.413. The van der Waals surface area contributed by atoms with Crippen molar-refractivity contribution in [2.75, 3.05) is 14.1 Å². The van der Waals surface area contributed by atoms with E-state index >= 15 is 0 Å². The minimum absolute atomic E-state index is 0.122. The van der Waals surface area contributed by atoms with Crippen LogP contribution in [0, 0.1) is 11.8 Å². The monoisotopic (exact) mass is 744 g/mol. The van der Waals surface area contributed by atoms with Crippen LogP contribution in [0.1, 0.15) is 115 Å². The van der Waals surface area contributed by atoms with Gasteiger partial charge in [-0.2, -0.15) is 0 Å². The van der Waals surface area contributed by atoms with Gasteiger partial charge in [0.05, 0.1) is 50.1 Å². The SMILES string of the molecule is CCC(=O)Oc1ccc(C[N+]2(C)C3CCCC2CC(OC(=O)C2CCC2C(=O)OC2CC4CCCC(C2)[N+]4(C)Cc2ccc(OC(=O)CC)cc2)C3)cc1. The van der Waals surface area contributed by atoms with E-state index in [4.69, 9.17) is 18.9 Å². The molecular weight excluding hydrogens is 684 g/mol. The molecular formula is C44H60N2O8+2. The molecule has 4 aliphatic heterocycles. The largest absolute Gasteiger partial charge is 0.462 e. The molecule has 0 N–H and O–H groups in total. The number of carbonyl (C=O) groups excluding carboxylic acids is 4. The van der Waals surface area contributed by atoms with Crippen LogP contribution >= 0.6 is 0 Å². The molecule has 10 nitrogen and oxygen atoms in total. The summed E-state index contributed by atoms with van der Waals surface area (Å²) in [5.41, 5.74) is 2.43. The number of quaternary nitrogens is 2. The third-order valence-corrected chi connectivity index (χ3v) is 14.0. The molecule has 6 unspecified atom stereocenters. The smallest absolute Gasteiger partial charge is 0.310 e. The first-order valence-electron chi connectivity index (χ1n) is 20.7. The molecule has 5 fully saturated rings. The maximum atomic E-state index is 13.6. The maximum Gasteiger partial charge on any atom is 0.310 e. The number of piperidine rings is 4. The fraction of sp³-hybridized carbons (Fsp3) is 0.636. The van der Waals surface area contributed by atoms with Crippen molar-refractivity contribution >= 4 is 23.9 Å². The number of hydrogen-bond donors (Lipinski definition) is 0. The summed E-state index contributed by atoms with van der Waals surface area (Å²) in [7, 11) is 4.70. The van der Waals surface area contributed by atoms with Gasteiger partial charge in [0.1, 0.15) is 36.8 Å². The zero-order chi connectivity index (χ0) is 38.0. The van der Waals surface area contributed by atoms with Crippen LogP contribution < -0.4 is 9.47 Å². The lowest BCUT2D eigenvalue weighted by Gasteiger charge is -2.55. The van der Waals surface area contributed by atoms with E-state index < -0.39 is 11.8 Å². The Balaban J connectivity index is 0.906. The van der Waals surface area contributed by atoms with E-state index in [1.165, 1.54) is 24.0 Å². The Bertz CT molecular complexity index is 1520. The highest BCUT2D eigenvalue weighted by atomic mass is 16.6. The highest BCUT2D eigenvalue weighted by Crippen LogP contribution is 2.45. The third kappa shape index (κ3) is 8.11. The fourth-order valence-corrected chi connectivity index (χ4v) is 10.6. The Morgan fingerprint density at radius 3 is 1.17 bits per heavy atom. The summed E-state index contributed by atoms with van der Waals surface area (Å²) in [6.07, 6.45) is 12.0. The van der Waals surface area contributed by atoms with Crippen molar-refractivity contribution in [3.63, 3.8) is 0 Å². The standard InChI is InChI=1S/C44H60N2O8/c1-5-41(47)51-35-17-13-29(14-18-35)27-45(3)31-9-7-10-32(45)24-37(23-31)53-43(49)39-21-22-40(39)44(50)54-38-25-33-11-8-12-34(26-38)46(33,4)28-30-15-19-36(20-16-30)52-42(48)6-2/h13-20,31-34,37-40H,5-12,21-28H2,1-4H3/q+2. The van der Waals surface area contributed by atoms with E-state index in [9.17, 15) is 19.2 Å². The Hall–Kier alpha value is -3.76. The molecule has 292 valence electrons. The van der Waals surface area contributed by atoms with E-state index in [0.29, 0.717) is 61.3 Å². The lowest BCUT2D eigenvalue weighted by molar-refractivity contribution is -0.979. The van der Waals surface area contributed by atoms with Crippen LogP contribution in [0.15, 0.2) is 48.5 Å². The second-order valence-electron chi connectivity index (χ2n) is 17.3. The van der Waals surface area contributed by atoms with Gasteiger partial charge in [-0.3, -0.25) is 19.2 Å². The van der Waals surface area contributed by atoms with Gasteiger partial charge in [-0.05, 0) is 99.9 Å². The molecule has 2 aromatic rings. The Kier molecular flexibility index (Phi) is 11.5. The average molecular weight is 745 g/mol. The lowest BCUT2D eigenvalue weighted by Crippen LogP contribution is -2.65. The van der Waals surface area contributed by atoms with Gasteiger partial charge in [-0.1, -0.05) is 13.8 Å². The van der Waals surface area contributed by atoms with Crippen LogP contribution in [-0.4, -0.2) is 83.3 Å². The Labute approximate surface area is 320 Å². The van der Waals surface area contributed by atoms with Crippen LogP contribution in [0.5, 0.6) is 11.5 Å². The van der Waals surface area contributed by atoms with Crippen LogP contribution in [0.3, 0.4) is 0 Å². The summed E-state index contributed by atoms with van der Waals surface area (Å²) >= 11 is 0. The molecule has 1 saturated carbocycles. The van der Waals surface area contributed by atoms with Gasteiger partial charge in [-0.25, -0.2) is 0 Å². The summed E-state index contributed by atoms with van der Waals surface area (Å²) in [5, 5.41) is 0. The summed E-state index contributed by atoms with van der Waals surface area (Å²) in [4.78, 5) is 50.6. The molecule has 0 amide bonds. The van der Waals surface area contributed by atoms with Gasteiger partial charge < -0.3 is 27.9 Å². The molecule has 5 aliphatic rings. The fourth-order valence-electron chi connectivity index (χ4n) is 10.6. The van der Waals surface area contributed by atoms with Crippen LogP contribution in [-0.2, 0) is 41.7 Å². The van der Waals surface area contributed by atoms with E-state index in [-0.39, 0.29) is 36.1 Å². The van der Waals surface area contributed by atoms with E-state index in [1.54, 1.807) is 13.8 Å². The van der Waals surface area contributed by atoms with Gasteiger partial charge in [0.25, 0.3) is 0 Å². The zero-order valence-corrected chi connectivity index (χ0v) is 32.7. The van der Waals surface area contributed by atoms with Crippen molar-refractivity contribution in [3.8, 4) is 11.5 Å². The molecule has 4 saturated heterocycles. The molecule has 4 heterocycles. The van der Waals surface area contributed by atoms with Crippen molar-refractivity contribution in [2.24, 2.45) is 11.8 Å². The molecule has 6 atom stereocenters. The van der Waals surface area contributed by atoms with Crippen LogP contribution in [0.4, 0.5) is 0 Å². The quantitative estimate of drug-likeness (QED) is 0.128. The summed E-state index contributed by atoms with van der Waals surface area (Å²) in [6.45, 7) is 5.36. The molecule has 0 radical (unpaired) electrons. The van der Waals surface area contributed by atoms with E-state index in [1.807, 2.05) is 24.3 Å². The number of benzene rings is 2. The lowest BCUT2D eigenvalue weighted by atomic mass is 9.73. The second kappa shape index (κ2) is 16.1. The molecule has 4 bridgehead atoms. The number of rotatable bonds is 12. The van der Waals surface area contributed by atoms with Crippen LogP contribution in [0.2, 0.25) is 0 Å². The zero-order valence-electron chi connectivity index (χ0n) is 32.7. The third-order valence-electron chi connectivity index (χ3n) is 14.0. The first-order chi connectivity index (χ1) is 26.0. The van der Waals surface area contributed by atoms with Gasteiger partial charge in [0.15, 0.2) is 0 Å². The van der Waals surface area contributed by atoms with E-state index in [2.05, 4.69) is 38.4 Å². The second-order valence-corrected chi connectivity index (χ2v) is 17.3. The summed E-state index contributed by atoms with van der Waals surface area (Å²) in [5.74, 6) is -0.584. The number of nitrogens with zero attached hydrogens (tertiary/aromatic N) is 2. The predicted molar refractivity (Wildman–Crippen MR) is 202 cm³/mol. The number of carbonyl (C=O) groups is 4. The van der Waals surface area contributed by atoms with Crippen molar-refractivity contribution in [2.45, 2.75) is 153 Å². The van der Waals surface area contributed by atoms with Crippen molar-refractivity contribution in [3.05, 3.63) is 59.7 Å². The molecule has 1 aliphatic carbocycles. The summed E-state index contributed by atoms with van der Waals surface area (Å²) in [6, 6.07) is 17.4. The highest BCUT2D eigenvalue weighted by molar-refractivity contribution is 5.84. The number of esters is 4. The number of hydrogen-bond acceptors (Lipinski definition) is 8. The predicted octanol–water partition coefficient (Wildman–Crippen LogP) is 7.19. The van der Waals surface area contributed by atoms with Gasteiger partial charge in [0, 0.05) is 49.7 Å². The highest BCUT2D eigenvalue weighted by Gasteiger charge is 2.53. The number of fused-ring (bicyclic) bond motifs is 4. The molecule has 0 spiro atoms. The van der Waals surface area contributed by atoms with Gasteiger partial charge in [0.2, 0.25) is 0 Å². The molecule has 0 aromatic heterocycles. The summed E-state index contributed by atoms with van der Waals surface area (Å²) < 4.78 is 25.1. The van der Waals surface area contributed by atoms with E-state index in [0.717, 1.165) is 73.4 Å². The van der Waals surface area contributed by atoms with Crippen LogP contribution in [0.25, 0.3) is 0 Å². The molecule has 10 heteroatoms. The molecule has 2 aromatic carbocycles. The average Bonchev–Trinajstić information content (AvgIpc) is 3.10. The topological polar surface area (TPSA) is 105 Å². The Morgan fingerprint density at radius 1 is 0.537 bits per heavy atom. The number of ether oxygens (including phenoxy) is 4. The van der Waals surface area contributed by atoms with Gasteiger partial charge in [-0.15, -0.1) is 0 Å². The first kappa shape index (κ1) is 38.5. The van der Waals surface area contributed by atoms with Crippen molar-refractivity contribution in [1.29, 1.82) is 0 Å². The van der Waals surface area contributed by atoms with Crippen molar-refractivity contribution < 1.29 is 47.1 Å². The minimum Gasteiger partial charge on any atom is -0.462 e. The first-order valence-corrected chi connectivity index (χ1v) is 20.7. The normalized spacial score (nSPS) is 34.1. The molecule has 7 rings (SSSR count).